The molecule has 128 valence electrons. The molecule has 0 fully saturated rings. The summed E-state index contributed by atoms with van der Waals surface area (Å²) in [6.45, 7) is 10.1. The van der Waals surface area contributed by atoms with E-state index in [4.69, 9.17) is 14.9 Å². The summed E-state index contributed by atoms with van der Waals surface area (Å²) >= 11 is 0. The Bertz CT molecular complexity index is 835. The predicted molar refractivity (Wildman–Crippen MR) is 92.9 cm³/mol. The molecule has 3 rings (SSSR count). The molecule has 24 heavy (non-hydrogen) atoms. The van der Waals surface area contributed by atoms with Crippen molar-refractivity contribution in [3.63, 3.8) is 0 Å². The number of hydrogen-bond donors (Lipinski definition) is 1. The largest absolute Gasteiger partial charge is 0.483 e. The molecule has 0 unspecified atom stereocenters. The van der Waals surface area contributed by atoms with Crippen molar-refractivity contribution < 1.29 is 9.90 Å². The lowest BCUT2D eigenvalue weighted by atomic mass is 10.1. The molecule has 3 aromatic rings. The highest BCUT2D eigenvalue weighted by atomic mass is 16.3. The van der Waals surface area contributed by atoms with Crippen molar-refractivity contribution in [3.8, 4) is 11.5 Å². The predicted octanol–water partition coefficient (Wildman–Crippen LogP) is 3.04. The first kappa shape index (κ1) is 17.7. The molecule has 0 aliphatic heterocycles. The van der Waals surface area contributed by atoms with Gasteiger partial charge >= 0.3 is 0 Å². The fraction of sp³-hybridized carbons (Fsp3) is 0.412. The van der Waals surface area contributed by atoms with Gasteiger partial charge in [-0.2, -0.15) is 5.10 Å². The molecule has 0 saturated carbocycles. The summed E-state index contributed by atoms with van der Waals surface area (Å²) in [5.41, 5.74) is 4.12. The number of pyridine rings is 1. The van der Waals surface area contributed by atoms with Crippen molar-refractivity contribution >= 4 is 17.5 Å². The lowest BCUT2D eigenvalue weighted by Gasteiger charge is -2.05. The molecule has 0 aromatic carbocycles. The summed E-state index contributed by atoms with van der Waals surface area (Å²) in [7, 11) is 0. The minimum atomic E-state index is -0.250. The van der Waals surface area contributed by atoms with Crippen molar-refractivity contribution in [1.29, 1.82) is 0 Å². The molecule has 0 amide bonds. The van der Waals surface area contributed by atoms with Gasteiger partial charge in [0.25, 0.3) is 6.47 Å². The third kappa shape index (κ3) is 3.29. The number of rotatable bonds is 4. The van der Waals surface area contributed by atoms with E-state index in [9.17, 15) is 0 Å². The van der Waals surface area contributed by atoms with Gasteiger partial charge in [0.15, 0.2) is 11.5 Å². The third-order valence-corrected chi connectivity index (χ3v) is 3.88. The standard InChI is InChI=1S/C16H21N5.CH2O2/c1-5-8-21-12(4)14-11(3)10-13(18-15(14)19-21)16-17-7-9-20(16)6-2;2-1-3/h7,9-10H,5-6,8H2,1-4H3;1H,(H,2,3). The van der Waals surface area contributed by atoms with E-state index in [1.165, 1.54) is 16.6 Å². The molecule has 7 nitrogen and oxygen atoms in total. The van der Waals surface area contributed by atoms with Crippen LogP contribution in [0.5, 0.6) is 0 Å². The highest BCUT2D eigenvalue weighted by Crippen LogP contribution is 2.25. The maximum Gasteiger partial charge on any atom is 0.290 e. The van der Waals surface area contributed by atoms with E-state index in [1.54, 1.807) is 0 Å². The molecule has 3 aromatic heterocycles. The molecule has 0 aliphatic carbocycles. The first-order valence-electron chi connectivity index (χ1n) is 8.01. The molecular formula is C17H23N5O2. The van der Waals surface area contributed by atoms with Gasteiger partial charge in [-0.25, -0.2) is 9.97 Å². The second-order valence-electron chi connectivity index (χ2n) is 5.47. The van der Waals surface area contributed by atoms with Crippen LogP contribution in [0.25, 0.3) is 22.6 Å². The topological polar surface area (TPSA) is 85.8 Å². The lowest BCUT2D eigenvalue weighted by molar-refractivity contribution is -0.122. The van der Waals surface area contributed by atoms with Crippen LogP contribution in [0.15, 0.2) is 18.5 Å². The van der Waals surface area contributed by atoms with Crippen LogP contribution in [0.1, 0.15) is 31.5 Å². The number of aryl methyl sites for hydroxylation is 4. The van der Waals surface area contributed by atoms with Crippen LogP contribution in [-0.4, -0.2) is 35.9 Å². The zero-order valence-electron chi connectivity index (χ0n) is 14.5. The Morgan fingerprint density at radius 3 is 2.62 bits per heavy atom. The summed E-state index contributed by atoms with van der Waals surface area (Å²) in [5.74, 6) is 0.908. The highest BCUT2D eigenvalue weighted by molar-refractivity contribution is 5.83. The van der Waals surface area contributed by atoms with Crippen LogP contribution in [-0.2, 0) is 17.9 Å². The van der Waals surface area contributed by atoms with Gasteiger partial charge in [0.05, 0.1) is 0 Å². The van der Waals surface area contributed by atoms with Gasteiger partial charge in [-0.05, 0) is 38.8 Å². The van der Waals surface area contributed by atoms with Crippen molar-refractivity contribution in [2.75, 3.05) is 0 Å². The second kappa shape index (κ2) is 7.72. The molecule has 1 N–H and O–H groups in total. The summed E-state index contributed by atoms with van der Waals surface area (Å²) in [5, 5.41) is 12.7. The first-order chi connectivity index (χ1) is 11.6. The lowest BCUT2D eigenvalue weighted by Crippen LogP contribution is -2.00. The van der Waals surface area contributed by atoms with Gasteiger partial charge in [0, 0.05) is 36.6 Å². The summed E-state index contributed by atoms with van der Waals surface area (Å²) in [6.07, 6.45) is 4.87. The van der Waals surface area contributed by atoms with E-state index in [1.807, 2.05) is 12.4 Å². The number of nitrogens with zero attached hydrogens (tertiary/aromatic N) is 5. The molecule has 0 spiro atoms. The molecule has 0 bridgehead atoms. The Morgan fingerprint density at radius 2 is 2.00 bits per heavy atom. The molecule has 0 atom stereocenters. The number of carboxylic acid groups (broad SMARTS) is 1. The summed E-state index contributed by atoms with van der Waals surface area (Å²) in [6, 6.07) is 2.11. The van der Waals surface area contributed by atoms with Crippen molar-refractivity contribution in [3.05, 3.63) is 29.7 Å². The highest BCUT2D eigenvalue weighted by Gasteiger charge is 2.15. The Hall–Kier alpha value is -2.70. The quantitative estimate of drug-likeness (QED) is 0.744. The van der Waals surface area contributed by atoms with Crippen LogP contribution in [0.3, 0.4) is 0 Å². The van der Waals surface area contributed by atoms with E-state index in [2.05, 4.69) is 53.1 Å². The Labute approximate surface area is 141 Å². The van der Waals surface area contributed by atoms with E-state index in [0.29, 0.717) is 0 Å². The molecule has 0 radical (unpaired) electrons. The van der Waals surface area contributed by atoms with Gasteiger partial charge < -0.3 is 9.67 Å². The average Bonchev–Trinajstić information content (AvgIpc) is 3.14. The van der Waals surface area contributed by atoms with Gasteiger partial charge in [0.2, 0.25) is 0 Å². The maximum absolute atomic E-state index is 8.36. The van der Waals surface area contributed by atoms with E-state index >= 15 is 0 Å². The zero-order chi connectivity index (χ0) is 17.7. The van der Waals surface area contributed by atoms with E-state index in [-0.39, 0.29) is 6.47 Å². The number of carbonyl (C=O) groups is 1. The number of fused-ring (bicyclic) bond motifs is 1. The van der Waals surface area contributed by atoms with Crippen LogP contribution in [0.2, 0.25) is 0 Å². The van der Waals surface area contributed by atoms with Crippen LogP contribution in [0, 0.1) is 13.8 Å². The molecule has 0 aliphatic rings. The van der Waals surface area contributed by atoms with Crippen LogP contribution < -0.4 is 0 Å². The van der Waals surface area contributed by atoms with Crippen molar-refractivity contribution in [1.82, 2.24) is 24.3 Å². The van der Waals surface area contributed by atoms with Crippen LogP contribution in [0.4, 0.5) is 0 Å². The van der Waals surface area contributed by atoms with Crippen molar-refractivity contribution in [2.45, 2.75) is 47.2 Å². The third-order valence-electron chi connectivity index (χ3n) is 3.88. The molecule has 3 heterocycles. The molecule has 0 saturated heterocycles. The van der Waals surface area contributed by atoms with Gasteiger partial charge in [-0.3, -0.25) is 9.48 Å². The Kier molecular flexibility index (Phi) is 5.68. The average molecular weight is 329 g/mol. The smallest absolute Gasteiger partial charge is 0.290 e. The molecular weight excluding hydrogens is 306 g/mol. The van der Waals surface area contributed by atoms with E-state index < -0.39 is 0 Å². The zero-order valence-corrected chi connectivity index (χ0v) is 14.5. The first-order valence-corrected chi connectivity index (χ1v) is 8.01. The Morgan fingerprint density at radius 1 is 1.29 bits per heavy atom. The van der Waals surface area contributed by atoms with E-state index in [0.717, 1.165) is 36.7 Å². The van der Waals surface area contributed by atoms with Crippen LogP contribution >= 0.6 is 0 Å². The fourth-order valence-corrected chi connectivity index (χ4v) is 2.84. The van der Waals surface area contributed by atoms with Gasteiger partial charge in [-0.1, -0.05) is 6.92 Å². The number of imidazole rings is 1. The summed E-state index contributed by atoms with van der Waals surface area (Å²) < 4.78 is 4.16. The van der Waals surface area contributed by atoms with Crippen molar-refractivity contribution in [2.24, 2.45) is 0 Å². The minimum Gasteiger partial charge on any atom is -0.483 e. The monoisotopic (exact) mass is 329 g/mol. The van der Waals surface area contributed by atoms with Gasteiger partial charge in [-0.15, -0.1) is 0 Å². The number of hydrogen-bond acceptors (Lipinski definition) is 4. The Balaban J connectivity index is 0.000000647. The minimum absolute atomic E-state index is 0.250. The van der Waals surface area contributed by atoms with Gasteiger partial charge in [0.1, 0.15) is 5.69 Å². The second-order valence-corrected chi connectivity index (χ2v) is 5.47. The maximum atomic E-state index is 8.36. The normalized spacial score (nSPS) is 10.5. The SMILES string of the molecule is CCCn1nc2nc(-c3nccn3CC)cc(C)c2c1C.O=CO. The fourth-order valence-electron chi connectivity index (χ4n) is 2.84. The molecule has 7 heteroatoms. The number of aromatic nitrogens is 5. The summed E-state index contributed by atoms with van der Waals surface area (Å²) in [4.78, 5) is 17.5.